The van der Waals surface area contributed by atoms with Crippen LogP contribution in [-0.2, 0) is 4.74 Å². The Kier molecular flexibility index (Phi) is 3.85. The molecule has 3 aromatic rings. The number of rotatable bonds is 2. The van der Waals surface area contributed by atoms with Crippen molar-refractivity contribution >= 4 is 17.0 Å². The van der Waals surface area contributed by atoms with Crippen LogP contribution in [0.3, 0.4) is 0 Å². The lowest BCUT2D eigenvalue weighted by molar-refractivity contribution is 0.173. The summed E-state index contributed by atoms with van der Waals surface area (Å²) in [6, 6.07) is 16.1. The molecular weight excluding hydrogens is 294 g/mol. The number of aromatic nitrogens is 1. The van der Waals surface area contributed by atoms with Crippen LogP contribution in [0.15, 0.2) is 59.4 Å². The molecule has 0 amide bonds. The first-order valence-electron chi connectivity index (χ1n) is 7.03. The summed E-state index contributed by atoms with van der Waals surface area (Å²) in [7, 11) is 2.85. The minimum absolute atomic E-state index is 0.429. The number of methoxy groups -OCH3 is 2. The minimum Gasteiger partial charge on any atom is -0.497 e. The molecule has 2 aromatic carbocycles. The van der Waals surface area contributed by atoms with Gasteiger partial charge < -0.3 is 9.47 Å². The normalized spacial score (nSPS) is 10.5. The summed E-state index contributed by atoms with van der Waals surface area (Å²) in [6.45, 7) is 0. The number of hydrogen-bond donors (Lipinski definition) is 0. The van der Waals surface area contributed by atoms with Gasteiger partial charge in [0, 0.05) is 11.5 Å². The molecule has 0 unspecified atom stereocenters. The maximum absolute atomic E-state index is 12.4. The second-order valence-electron chi connectivity index (χ2n) is 4.95. The highest BCUT2D eigenvalue weighted by molar-refractivity contribution is 5.98. The molecule has 1 aromatic heterocycles. The first-order valence-corrected chi connectivity index (χ1v) is 7.03. The quantitative estimate of drug-likeness (QED) is 0.729. The molecule has 116 valence electrons. The Morgan fingerprint density at radius 1 is 1.00 bits per heavy atom. The molecule has 23 heavy (non-hydrogen) atoms. The summed E-state index contributed by atoms with van der Waals surface area (Å²) in [5.41, 5.74) is 1.71. The smallest absolute Gasteiger partial charge is 0.421 e. The molecule has 5 nitrogen and oxygen atoms in total. The number of nitrogens with zero attached hydrogens (tertiary/aromatic N) is 1. The van der Waals surface area contributed by atoms with E-state index in [-0.39, 0.29) is 0 Å². The lowest BCUT2D eigenvalue weighted by Gasteiger charge is -2.12. The Balaban J connectivity index is 2.30. The Labute approximate surface area is 132 Å². The highest BCUT2D eigenvalue weighted by Gasteiger charge is 2.15. The van der Waals surface area contributed by atoms with Crippen LogP contribution < -0.4 is 10.3 Å². The van der Waals surface area contributed by atoms with Gasteiger partial charge in [-0.2, -0.15) is 0 Å². The maximum Gasteiger partial charge on any atom is 0.421 e. The van der Waals surface area contributed by atoms with Crippen molar-refractivity contribution < 1.29 is 14.3 Å². The van der Waals surface area contributed by atoms with Crippen LogP contribution in [0.1, 0.15) is 0 Å². The van der Waals surface area contributed by atoms with E-state index in [1.54, 1.807) is 19.2 Å². The predicted molar refractivity (Wildman–Crippen MR) is 88.0 cm³/mol. The first-order chi connectivity index (χ1) is 11.2. The van der Waals surface area contributed by atoms with Gasteiger partial charge in [0.15, 0.2) is 0 Å². The zero-order valence-electron chi connectivity index (χ0n) is 12.8. The van der Waals surface area contributed by atoms with E-state index in [0.717, 1.165) is 26.8 Å². The molecule has 0 aliphatic rings. The van der Waals surface area contributed by atoms with Gasteiger partial charge >= 0.3 is 6.09 Å². The molecule has 0 aliphatic carbocycles. The van der Waals surface area contributed by atoms with E-state index in [2.05, 4.69) is 0 Å². The number of carbonyl (C=O) groups is 1. The van der Waals surface area contributed by atoms with Gasteiger partial charge in [0.05, 0.1) is 19.7 Å². The van der Waals surface area contributed by atoms with E-state index in [0.29, 0.717) is 5.52 Å². The van der Waals surface area contributed by atoms with Gasteiger partial charge in [-0.15, -0.1) is 0 Å². The van der Waals surface area contributed by atoms with Gasteiger partial charge in [0.25, 0.3) is 5.56 Å². The standard InChI is InChI=1S/C18H15NO4/c1-22-13-9-7-12(8-10-13)15-11-17(20)19(18(21)23-2)16-6-4-3-5-14(15)16/h3-11H,1-2H3. The minimum atomic E-state index is -0.701. The highest BCUT2D eigenvalue weighted by atomic mass is 16.5. The highest BCUT2D eigenvalue weighted by Crippen LogP contribution is 2.28. The van der Waals surface area contributed by atoms with E-state index in [9.17, 15) is 9.59 Å². The molecule has 5 heteroatoms. The fourth-order valence-electron chi connectivity index (χ4n) is 2.57. The van der Waals surface area contributed by atoms with Crippen molar-refractivity contribution in [3.63, 3.8) is 0 Å². The summed E-state index contributed by atoms with van der Waals surface area (Å²) in [5, 5.41) is 0.794. The molecule has 0 spiro atoms. The largest absolute Gasteiger partial charge is 0.497 e. The topological polar surface area (TPSA) is 57.5 Å². The van der Waals surface area contributed by atoms with Crippen molar-refractivity contribution in [3.05, 3.63) is 65.0 Å². The van der Waals surface area contributed by atoms with Gasteiger partial charge in [-0.25, -0.2) is 9.36 Å². The third-order valence-corrected chi connectivity index (χ3v) is 3.68. The van der Waals surface area contributed by atoms with E-state index in [4.69, 9.17) is 9.47 Å². The van der Waals surface area contributed by atoms with Crippen LogP contribution in [0.4, 0.5) is 4.79 Å². The van der Waals surface area contributed by atoms with E-state index in [1.165, 1.54) is 13.2 Å². The fraction of sp³-hybridized carbons (Fsp3) is 0.111. The number of pyridine rings is 1. The average molecular weight is 309 g/mol. The maximum atomic E-state index is 12.4. The molecule has 3 rings (SSSR count). The van der Waals surface area contributed by atoms with Crippen molar-refractivity contribution in [2.75, 3.05) is 14.2 Å². The van der Waals surface area contributed by atoms with Gasteiger partial charge in [0.1, 0.15) is 5.75 Å². The summed E-state index contributed by atoms with van der Waals surface area (Å²) in [6.07, 6.45) is -0.701. The molecule has 1 heterocycles. The Hall–Kier alpha value is -3.08. The van der Waals surface area contributed by atoms with E-state index < -0.39 is 11.7 Å². The molecule has 0 aliphatic heterocycles. The second-order valence-corrected chi connectivity index (χ2v) is 4.95. The van der Waals surface area contributed by atoms with Crippen molar-refractivity contribution in [1.29, 1.82) is 0 Å². The van der Waals surface area contributed by atoms with Crippen LogP contribution in [0.2, 0.25) is 0 Å². The molecular formula is C18H15NO4. The van der Waals surface area contributed by atoms with Crippen molar-refractivity contribution in [1.82, 2.24) is 4.57 Å². The zero-order chi connectivity index (χ0) is 16.4. The monoisotopic (exact) mass is 309 g/mol. The van der Waals surface area contributed by atoms with Crippen LogP contribution in [-0.4, -0.2) is 24.9 Å². The zero-order valence-corrected chi connectivity index (χ0v) is 12.8. The van der Waals surface area contributed by atoms with E-state index in [1.807, 2.05) is 36.4 Å². The molecule has 0 radical (unpaired) electrons. The Bertz CT molecular complexity index is 926. The lowest BCUT2D eigenvalue weighted by atomic mass is 10.0. The molecule has 0 bridgehead atoms. The van der Waals surface area contributed by atoms with Crippen molar-refractivity contribution in [2.24, 2.45) is 0 Å². The second kappa shape index (κ2) is 5.96. The van der Waals surface area contributed by atoms with Crippen LogP contribution >= 0.6 is 0 Å². The lowest BCUT2D eigenvalue weighted by Crippen LogP contribution is -2.27. The van der Waals surface area contributed by atoms with Gasteiger partial charge in [-0.1, -0.05) is 30.3 Å². The van der Waals surface area contributed by atoms with Crippen LogP contribution in [0.25, 0.3) is 22.0 Å². The number of benzene rings is 2. The Morgan fingerprint density at radius 2 is 1.70 bits per heavy atom. The molecule has 0 atom stereocenters. The predicted octanol–water partition coefficient (Wildman–Crippen LogP) is 3.29. The van der Waals surface area contributed by atoms with Crippen LogP contribution in [0, 0.1) is 0 Å². The Morgan fingerprint density at radius 3 is 2.35 bits per heavy atom. The van der Waals surface area contributed by atoms with Gasteiger partial charge in [-0.3, -0.25) is 4.79 Å². The number of ether oxygens (including phenoxy) is 2. The van der Waals surface area contributed by atoms with E-state index >= 15 is 0 Å². The summed E-state index contributed by atoms with van der Waals surface area (Å²) in [5.74, 6) is 0.737. The SMILES string of the molecule is COC(=O)n1c(=O)cc(-c2ccc(OC)cc2)c2ccccc21. The number of carbonyl (C=O) groups excluding carboxylic acids is 1. The molecule has 0 fully saturated rings. The fourth-order valence-corrected chi connectivity index (χ4v) is 2.57. The first kappa shape index (κ1) is 14.8. The van der Waals surface area contributed by atoms with Crippen LogP contribution in [0.5, 0.6) is 5.75 Å². The number of para-hydroxylation sites is 1. The van der Waals surface area contributed by atoms with Crippen molar-refractivity contribution in [2.45, 2.75) is 0 Å². The molecule has 0 saturated heterocycles. The third-order valence-electron chi connectivity index (χ3n) is 3.68. The summed E-state index contributed by atoms with van der Waals surface area (Å²) in [4.78, 5) is 24.3. The average Bonchev–Trinajstić information content (AvgIpc) is 2.60. The third kappa shape index (κ3) is 2.57. The molecule has 0 saturated carbocycles. The summed E-state index contributed by atoms with van der Waals surface area (Å²) >= 11 is 0. The number of hydrogen-bond acceptors (Lipinski definition) is 4. The number of fused-ring (bicyclic) bond motifs is 1. The van der Waals surface area contributed by atoms with Gasteiger partial charge in [0.2, 0.25) is 0 Å². The molecule has 0 N–H and O–H groups in total. The van der Waals surface area contributed by atoms with Crippen molar-refractivity contribution in [3.8, 4) is 16.9 Å². The summed E-state index contributed by atoms with van der Waals surface area (Å²) < 4.78 is 10.9. The van der Waals surface area contributed by atoms with Gasteiger partial charge in [-0.05, 0) is 29.3 Å².